The number of hydrogen-bond donors (Lipinski definition) is 1. The molecule has 0 aliphatic heterocycles. The predicted octanol–water partition coefficient (Wildman–Crippen LogP) is 2.45. The average molecular weight is 393 g/mol. The number of H-pyrrole nitrogens is 1. The first kappa shape index (κ1) is 20.3. The molecule has 0 saturated carbocycles. The number of aromatic amines is 1. The van der Waals surface area contributed by atoms with E-state index in [1.165, 1.54) is 4.90 Å². The Bertz CT molecular complexity index is 1060. The quantitative estimate of drug-likeness (QED) is 0.623. The van der Waals surface area contributed by atoms with Gasteiger partial charge in [-0.3, -0.25) is 14.4 Å². The lowest BCUT2D eigenvalue weighted by molar-refractivity contribution is -0.158. The van der Waals surface area contributed by atoms with Gasteiger partial charge in [0.25, 0.3) is 11.5 Å². The van der Waals surface area contributed by atoms with Crippen molar-refractivity contribution in [1.29, 1.82) is 0 Å². The van der Waals surface area contributed by atoms with E-state index in [0.717, 1.165) is 5.56 Å². The zero-order valence-corrected chi connectivity index (χ0v) is 16.4. The van der Waals surface area contributed by atoms with Crippen molar-refractivity contribution in [2.24, 2.45) is 0 Å². The fourth-order valence-corrected chi connectivity index (χ4v) is 3.03. The van der Waals surface area contributed by atoms with Crippen LogP contribution in [0.4, 0.5) is 0 Å². The molecule has 0 aliphatic rings. The molecule has 3 rings (SSSR count). The van der Waals surface area contributed by atoms with Gasteiger partial charge in [0.2, 0.25) is 0 Å². The SMILES string of the molecule is C[C@@H](OC(=O)CCc1nc2ccccc2c(=O)[nH]1)C(=O)N(C)Cc1ccccc1. The van der Waals surface area contributed by atoms with E-state index in [-0.39, 0.29) is 24.3 Å². The molecule has 1 N–H and O–H groups in total. The molecule has 0 radical (unpaired) electrons. The van der Waals surface area contributed by atoms with Gasteiger partial charge in [-0.1, -0.05) is 42.5 Å². The maximum atomic E-state index is 12.4. The van der Waals surface area contributed by atoms with Crippen LogP contribution in [0.25, 0.3) is 10.9 Å². The molecular weight excluding hydrogens is 370 g/mol. The number of rotatable bonds is 7. The second kappa shape index (κ2) is 9.14. The van der Waals surface area contributed by atoms with Crippen molar-refractivity contribution >= 4 is 22.8 Å². The van der Waals surface area contributed by atoms with Crippen LogP contribution in [-0.2, 0) is 27.3 Å². The first-order valence-electron chi connectivity index (χ1n) is 9.40. The van der Waals surface area contributed by atoms with E-state index in [0.29, 0.717) is 23.3 Å². The number of benzene rings is 2. The molecule has 3 aromatic rings. The van der Waals surface area contributed by atoms with Crippen LogP contribution in [0.5, 0.6) is 0 Å². The maximum absolute atomic E-state index is 12.4. The van der Waals surface area contributed by atoms with E-state index < -0.39 is 12.1 Å². The zero-order valence-electron chi connectivity index (χ0n) is 16.4. The molecule has 1 aromatic heterocycles. The minimum absolute atomic E-state index is 0.0152. The molecular formula is C22H23N3O4. The van der Waals surface area contributed by atoms with Gasteiger partial charge in [0.1, 0.15) is 5.82 Å². The molecule has 0 bridgehead atoms. The van der Waals surface area contributed by atoms with E-state index in [9.17, 15) is 14.4 Å². The van der Waals surface area contributed by atoms with Crippen molar-refractivity contribution in [3.05, 3.63) is 76.3 Å². The van der Waals surface area contributed by atoms with Crippen molar-refractivity contribution in [2.75, 3.05) is 7.05 Å². The first-order chi connectivity index (χ1) is 13.9. The number of amides is 1. The number of fused-ring (bicyclic) bond motifs is 1. The van der Waals surface area contributed by atoms with Gasteiger partial charge >= 0.3 is 5.97 Å². The summed E-state index contributed by atoms with van der Waals surface area (Å²) < 4.78 is 5.26. The molecule has 0 saturated heterocycles. The van der Waals surface area contributed by atoms with E-state index in [2.05, 4.69) is 9.97 Å². The lowest BCUT2D eigenvalue weighted by Gasteiger charge is -2.21. The third-order valence-corrected chi connectivity index (χ3v) is 4.52. The summed E-state index contributed by atoms with van der Waals surface area (Å²) in [5, 5.41) is 0.500. The van der Waals surface area contributed by atoms with Gasteiger partial charge in [-0.2, -0.15) is 0 Å². The lowest BCUT2D eigenvalue weighted by atomic mass is 10.2. The van der Waals surface area contributed by atoms with Gasteiger partial charge in [0, 0.05) is 20.0 Å². The van der Waals surface area contributed by atoms with Gasteiger partial charge in [-0.15, -0.1) is 0 Å². The second-order valence-corrected chi connectivity index (χ2v) is 6.84. The Balaban J connectivity index is 1.53. The number of nitrogens with zero attached hydrogens (tertiary/aromatic N) is 2. The van der Waals surface area contributed by atoms with Crippen molar-refractivity contribution in [2.45, 2.75) is 32.4 Å². The molecule has 1 amide bonds. The molecule has 2 aromatic carbocycles. The average Bonchev–Trinajstić information content (AvgIpc) is 2.72. The molecule has 0 aliphatic carbocycles. The summed E-state index contributed by atoms with van der Waals surface area (Å²) in [6.45, 7) is 1.99. The van der Waals surface area contributed by atoms with Gasteiger partial charge in [0.15, 0.2) is 6.10 Å². The summed E-state index contributed by atoms with van der Waals surface area (Å²) in [6, 6.07) is 16.6. The smallest absolute Gasteiger partial charge is 0.307 e. The number of esters is 1. The number of carbonyl (C=O) groups is 2. The predicted molar refractivity (Wildman–Crippen MR) is 109 cm³/mol. The third kappa shape index (κ3) is 5.28. The Morgan fingerprint density at radius 3 is 2.55 bits per heavy atom. The van der Waals surface area contributed by atoms with Crippen LogP contribution in [0.15, 0.2) is 59.4 Å². The van der Waals surface area contributed by atoms with Crippen molar-refractivity contribution in [1.82, 2.24) is 14.9 Å². The maximum Gasteiger partial charge on any atom is 0.307 e. The Morgan fingerprint density at radius 2 is 1.79 bits per heavy atom. The fraction of sp³-hybridized carbons (Fsp3) is 0.273. The van der Waals surface area contributed by atoms with Gasteiger partial charge in [-0.05, 0) is 24.6 Å². The molecule has 0 fully saturated rings. The molecule has 150 valence electrons. The second-order valence-electron chi connectivity index (χ2n) is 6.84. The Labute approximate surface area is 168 Å². The Morgan fingerprint density at radius 1 is 1.10 bits per heavy atom. The third-order valence-electron chi connectivity index (χ3n) is 4.52. The molecule has 1 atom stereocenters. The van der Waals surface area contributed by atoms with Crippen molar-refractivity contribution in [3.8, 4) is 0 Å². The monoisotopic (exact) mass is 393 g/mol. The lowest BCUT2D eigenvalue weighted by Crippen LogP contribution is -2.37. The minimum atomic E-state index is -0.889. The number of aromatic nitrogens is 2. The molecule has 0 unspecified atom stereocenters. The van der Waals surface area contributed by atoms with Crippen LogP contribution >= 0.6 is 0 Å². The largest absolute Gasteiger partial charge is 0.453 e. The van der Waals surface area contributed by atoms with Gasteiger partial charge < -0.3 is 14.6 Å². The number of nitrogens with one attached hydrogen (secondary N) is 1. The number of aryl methyl sites for hydroxylation is 1. The first-order valence-corrected chi connectivity index (χ1v) is 9.40. The van der Waals surface area contributed by atoms with Crippen LogP contribution in [0.3, 0.4) is 0 Å². The van der Waals surface area contributed by atoms with Gasteiger partial charge in [0.05, 0.1) is 17.3 Å². The number of carbonyl (C=O) groups excluding carboxylic acids is 2. The van der Waals surface area contributed by atoms with Crippen molar-refractivity contribution < 1.29 is 14.3 Å². The molecule has 7 nitrogen and oxygen atoms in total. The summed E-state index contributed by atoms with van der Waals surface area (Å²) in [4.78, 5) is 45.2. The normalized spacial score (nSPS) is 11.8. The number of hydrogen-bond acceptors (Lipinski definition) is 5. The number of ether oxygens (including phenoxy) is 1. The summed E-state index contributed by atoms with van der Waals surface area (Å²) in [5.41, 5.74) is 1.32. The highest BCUT2D eigenvalue weighted by atomic mass is 16.5. The highest BCUT2D eigenvalue weighted by Gasteiger charge is 2.21. The standard InChI is InChI=1S/C22H23N3O4/c1-15(22(28)25(2)14-16-8-4-3-5-9-16)29-20(26)13-12-19-23-18-11-7-6-10-17(18)21(27)24-19/h3-11,15H,12-14H2,1-2H3,(H,23,24,27)/t15-/m1/s1. The highest BCUT2D eigenvalue weighted by molar-refractivity contribution is 5.83. The number of likely N-dealkylation sites (N-methyl/N-ethyl adjacent to an activating group) is 1. The minimum Gasteiger partial charge on any atom is -0.453 e. The summed E-state index contributed by atoms with van der Waals surface area (Å²) in [7, 11) is 1.67. The summed E-state index contributed by atoms with van der Waals surface area (Å²) >= 11 is 0. The van der Waals surface area contributed by atoms with E-state index in [4.69, 9.17) is 4.74 Å². The van der Waals surface area contributed by atoms with Crippen LogP contribution in [0.1, 0.15) is 24.7 Å². The molecule has 29 heavy (non-hydrogen) atoms. The Kier molecular flexibility index (Phi) is 6.39. The zero-order chi connectivity index (χ0) is 20.8. The fourth-order valence-electron chi connectivity index (χ4n) is 3.03. The highest BCUT2D eigenvalue weighted by Crippen LogP contribution is 2.09. The van der Waals surface area contributed by atoms with Crippen LogP contribution < -0.4 is 5.56 Å². The van der Waals surface area contributed by atoms with E-state index in [1.54, 1.807) is 38.2 Å². The number of para-hydroxylation sites is 1. The Hall–Kier alpha value is -3.48. The molecule has 1 heterocycles. The van der Waals surface area contributed by atoms with Gasteiger partial charge in [-0.25, -0.2) is 4.98 Å². The van der Waals surface area contributed by atoms with Crippen molar-refractivity contribution in [3.63, 3.8) is 0 Å². The molecule has 7 heteroatoms. The van der Waals surface area contributed by atoms with Crippen LogP contribution in [-0.4, -0.2) is 39.9 Å². The summed E-state index contributed by atoms with van der Waals surface area (Å²) in [5.74, 6) is -0.389. The van der Waals surface area contributed by atoms with E-state index >= 15 is 0 Å². The summed E-state index contributed by atoms with van der Waals surface area (Å²) in [6.07, 6.45) is -0.652. The van der Waals surface area contributed by atoms with Crippen LogP contribution in [0, 0.1) is 0 Å². The van der Waals surface area contributed by atoms with Crippen LogP contribution in [0.2, 0.25) is 0 Å². The topological polar surface area (TPSA) is 92.4 Å². The van der Waals surface area contributed by atoms with E-state index in [1.807, 2.05) is 30.3 Å². The molecule has 0 spiro atoms.